The quantitative estimate of drug-likeness (QED) is 0.846. The Morgan fingerprint density at radius 3 is 2.78 bits per heavy atom. The molecule has 0 saturated heterocycles. The minimum atomic E-state index is -4.44. The zero-order valence-electron chi connectivity index (χ0n) is 9.61. The number of rotatable bonds is 4. The molecule has 2 aromatic rings. The molecule has 0 aliphatic carbocycles. The molecule has 0 bridgehead atoms. The lowest BCUT2D eigenvalue weighted by atomic mass is 10.3. The minimum absolute atomic E-state index is 0.0345. The molecular weight excluding hydrogens is 249 g/mol. The predicted octanol–water partition coefficient (Wildman–Crippen LogP) is 2.29. The van der Waals surface area contributed by atoms with Crippen molar-refractivity contribution in [3.63, 3.8) is 0 Å². The summed E-state index contributed by atoms with van der Waals surface area (Å²) in [7, 11) is 0. The first-order valence-electron chi connectivity index (χ1n) is 5.41. The van der Waals surface area contributed by atoms with Gasteiger partial charge in [0, 0.05) is 12.6 Å². The number of aromatic nitrogens is 4. The molecule has 18 heavy (non-hydrogen) atoms. The highest BCUT2D eigenvalue weighted by molar-refractivity contribution is 5.03. The molecule has 0 aliphatic heterocycles. The van der Waals surface area contributed by atoms with Crippen LogP contribution in [0.3, 0.4) is 0 Å². The van der Waals surface area contributed by atoms with E-state index in [2.05, 4.69) is 15.2 Å². The largest absolute Gasteiger partial charge is 0.435 e. The summed E-state index contributed by atoms with van der Waals surface area (Å²) in [6.45, 7) is 2.01. The zero-order valence-corrected chi connectivity index (χ0v) is 9.61. The Kier molecular flexibility index (Phi) is 3.35. The molecule has 2 rings (SSSR count). The van der Waals surface area contributed by atoms with Crippen LogP contribution in [0.5, 0.6) is 0 Å². The lowest BCUT2D eigenvalue weighted by Crippen LogP contribution is -2.08. The predicted molar refractivity (Wildman–Crippen MR) is 54.6 cm³/mol. The molecule has 2 aromatic heterocycles. The molecule has 0 aromatic carbocycles. The molecule has 0 unspecified atom stereocenters. The van der Waals surface area contributed by atoms with Gasteiger partial charge in [0.1, 0.15) is 6.54 Å². The van der Waals surface area contributed by atoms with Gasteiger partial charge in [-0.2, -0.15) is 23.3 Å². The van der Waals surface area contributed by atoms with Gasteiger partial charge < -0.3 is 4.52 Å². The lowest BCUT2D eigenvalue weighted by molar-refractivity contribution is -0.141. The first-order chi connectivity index (χ1) is 8.49. The molecule has 0 saturated carbocycles. The Morgan fingerprint density at radius 1 is 1.39 bits per heavy atom. The summed E-state index contributed by atoms with van der Waals surface area (Å²) in [4.78, 5) is 4.05. The maximum Gasteiger partial charge on any atom is 0.435 e. The van der Waals surface area contributed by atoms with Crippen LogP contribution in [0.4, 0.5) is 13.2 Å². The van der Waals surface area contributed by atoms with Gasteiger partial charge in [0.2, 0.25) is 5.89 Å². The van der Waals surface area contributed by atoms with Gasteiger partial charge in [-0.1, -0.05) is 12.1 Å². The molecule has 8 heteroatoms. The Bertz CT molecular complexity index is 517. The second-order valence-electron chi connectivity index (χ2n) is 3.75. The first-order valence-corrected chi connectivity index (χ1v) is 5.41. The smallest absolute Gasteiger partial charge is 0.337 e. The van der Waals surface area contributed by atoms with Crippen molar-refractivity contribution in [1.29, 1.82) is 0 Å². The fourth-order valence-electron chi connectivity index (χ4n) is 1.42. The van der Waals surface area contributed by atoms with Crippen LogP contribution in [0.25, 0.3) is 0 Å². The van der Waals surface area contributed by atoms with Crippen LogP contribution in [0.2, 0.25) is 0 Å². The monoisotopic (exact) mass is 260 g/mol. The van der Waals surface area contributed by atoms with Crippen molar-refractivity contribution in [2.45, 2.75) is 32.5 Å². The molecule has 0 aliphatic rings. The van der Waals surface area contributed by atoms with E-state index in [1.54, 1.807) is 0 Å². The number of halogens is 3. The van der Waals surface area contributed by atoms with E-state index in [9.17, 15) is 13.2 Å². The maximum atomic E-state index is 12.3. The number of hydrogen-bond donors (Lipinski definition) is 0. The topological polar surface area (TPSA) is 56.7 Å². The van der Waals surface area contributed by atoms with E-state index in [-0.39, 0.29) is 12.4 Å². The number of alkyl halides is 3. The summed E-state index contributed by atoms with van der Waals surface area (Å²) < 4.78 is 43.0. The van der Waals surface area contributed by atoms with Gasteiger partial charge in [-0.3, -0.25) is 4.68 Å². The molecule has 2 heterocycles. The van der Waals surface area contributed by atoms with Crippen LogP contribution in [-0.2, 0) is 19.1 Å². The third-order valence-corrected chi connectivity index (χ3v) is 2.21. The van der Waals surface area contributed by atoms with Crippen LogP contribution in [-0.4, -0.2) is 19.9 Å². The van der Waals surface area contributed by atoms with Crippen LogP contribution in [0, 0.1) is 0 Å². The SMILES string of the molecule is CCCc1noc(Cn2ccc(C(F)(F)F)n2)n1. The second kappa shape index (κ2) is 4.79. The van der Waals surface area contributed by atoms with E-state index >= 15 is 0 Å². The van der Waals surface area contributed by atoms with Crippen LogP contribution in [0.1, 0.15) is 30.8 Å². The molecule has 0 radical (unpaired) electrons. The standard InChI is InChI=1S/C10H11F3N4O/c1-2-3-8-14-9(18-16-8)6-17-5-4-7(15-17)10(11,12)13/h4-5H,2-3,6H2,1H3. The summed E-state index contributed by atoms with van der Waals surface area (Å²) in [6, 6.07) is 0.906. The van der Waals surface area contributed by atoms with E-state index in [4.69, 9.17) is 4.52 Å². The summed E-state index contributed by atoms with van der Waals surface area (Å²) in [5.74, 6) is 0.797. The summed E-state index contributed by atoms with van der Waals surface area (Å²) in [5.41, 5.74) is -0.934. The van der Waals surface area contributed by atoms with Crippen molar-refractivity contribution in [2.75, 3.05) is 0 Å². The average molecular weight is 260 g/mol. The van der Waals surface area contributed by atoms with Crippen molar-refractivity contribution in [2.24, 2.45) is 0 Å². The average Bonchev–Trinajstić information content (AvgIpc) is 2.88. The lowest BCUT2D eigenvalue weighted by Gasteiger charge is -2.00. The number of hydrogen-bond acceptors (Lipinski definition) is 4. The molecule has 5 nitrogen and oxygen atoms in total. The minimum Gasteiger partial charge on any atom is -0.337 e. The van der Waals surface area contributed by atoms with Crippen molar-refractivity contribution in [3.8, 4) is 0 Å². The third-order valence-electron chi connectivity index (χ3n) is 2.21. The number of nitrogens with zero attached hydrogens (tertiary/aromatic N) is 4. The van der Waals surface area contributed by atoms with Crippen molar-refractivity contribution in [1.82, 2.24) is 19.9 Å². The van der Waals surface area contributed by atoms with Gasteiger partial charge in [-0.05, 0) is 12.5 Å². The van der Waals surface area contributed by atoms with Crippen molar-refractivity contribution >= 4 is 0 Å². The van der Waals surface area contributed by atoms with E-state index in [0.29, 0.717) is 12.2 Å². The highest BCUT2D eigenvalue weighted by Gasteiger charge is 2.33. The molecular formula is C10H11F3N4O. The Morgan fingerprint density at radius 2 is 2.17 bits per heavy atom. The zero-order chi connectivity index (χ0) is 13.2. The molecule has 0 amide bonds. The fraction of sp³-hybridized carbons (Fsp3) is 0.500. The van der Waals surface area contributed by atoms with Crippen molar-refractivity contribution in [3.05, 3.63) is 29.7 Å². The van der Waals surface area contributed by atoms with Gasteiger partial charge in [0.05, 0.1) is 0 Å². The van der Waals surface area contributed by atoms with Gasteiger partial charge in [0.25, 0.3) is 0 Å². The number of aryl methyl sites for hydroxylation is 1. The van der Waals surface area contributed by atoms with E-state index in [1.165, 1.54) is 6.20 Å². The highest BCUT2D eigenvalue weighted by Crippen LogP contribution is 2.27. The molecule has 98 valence electrons. The maximum absolute atomic E-state index is 12.3. The van der Waals surface area contributed by atoms with E-state index < -0.39 is 11.9 Å². The van der Waals surface area contributed by atoms with E-state index in [1.807, 2.05) is 6.92 Å². The molecule has 0 atom stereocenters. The molecule has 0 spiro atoms. The van der Waals surface area contributed by atoms with Gasteiger partial charge in [-0.25, -0.2) is 0 Å². The van der Waals surface area contributed by atoms with Crippen LogP contribution in [0.15, 0.2) is 16.8 Å². The normalized spacial score (nSPS) is 12.0. The molecule has 0 N–H and O–H groups in total. The summed E-state index contributed by atoms with van der Waals surface area (Å²) in [5, 5.41) is 7.10. The summed E-state index contributed by atoms with van der Waals surface area (Å²) in [6.07, 6.45) is -1.66. The fourth-order valence-corrected chi connectivity index (χ4v) is 1.42. The van der Waals surface area contributed by atoms with E-state index in [0.717, 1.165) is 17.2 Å². The second-order valence-corrected chi connectivity index (χ2v) is 3.75. The third kappa shape index (κ3) is 2.88. The Balaban J connectivity index is 2.06. The van der Waals surface area contributed by atoms with Crippen LogP contribution < -0.4 is 0 Å². The Labute approximate surface area is 101 Å². The Hall–Kier alpha value is -1.86. The highest BCUT2D eigenvalue weighted by atomic mass is 19.4. The first kappa shape index (κ1) is 12.6. The van der Waals surface area contributed by atoms with Crippen molar-refractivity contribution < 1.29 is 17.7 Å². The van der Waals surface area contributed by atoms with Gasteiger partial charge in [-0.15, -0.1) is 0 Å². The van der Waals surface area contributed by atoms with Crippen LogP contribution >= 0.6 is 0 Å². The van der Waals surface area contributed by atoms with Gasteiger partial charge in [0.15, 0.2) is 11.5 Å². The summed E-state index contributed by atoms with van der Waals surface area (Å²) >= 11 is 0. The molecule has 0 fully saturated rings. The van der Waals surface area contributed by atoms with Gasteiger partial charge >= 0.3 is 6.18 Å².